The summed E-state index contributed by atoms with van der Waals surface area (Å²) in [6.07, 6.45) is 11.9. The molecule has 10 aromatic heterocycles. The Labute approximate surface area is 644 Å². The van der Waals surface area contributed by atoms with Crippen LogP contribution in [-0.4, -0.2) is 73.2 Å². The van der Waals surface area contributed by atoms with Crippen molar-refractivity contribution in [2.75, 3.05) is 0 Å². The predicted octanol–water partition coefficient (Wildman–Crippen LogP) is 18.6. The monoisotopic (exact) mass is 1620 g/mol. The van der Waals surface area contributed by atoms with Gasteiger partial charge in [-0.25, -0.2) is 23.7 Å². The first-order chi connectivity index (χ1) is 52.3. The number of hydrogen-bond donors (Lipinski definition) is 5. The van der Waals surface area contributed by atoms with Gasteiger partial charge in [0.15, 0.2) is 0 Å². The van der Waals surface area contributed by atoms with E-state index in [1.54, 1.807) is 48.1 Å². The van der Waals surface area contributed by atoms with Crippen molar-refractivity contribution < 1.29 is 37.5 Å². The van der Waals surface area contributed by atoms with Gasteiger partial charge in [-0.2, -0.15) is 0 Å². The number of fused-ring (bicyclic) bond motifs is 15. The quantitative estimate of drug-likeness (QED) is 0.103. The first kappa shape index (κ1) is 71.3. The number of pyridine rings is 3. The number of aromatic nitrogens is 8. The molecule has 5 atom stereocenters. The smallest absolute Gasteiger partial charge is 0.249 e. The van der Waals surface area contributed by atoms with E-state index < -0.39 is 12.1 Å². The van der Waals surface area contributed by atoms with E-state index >= 15 is 0 Å². The maximum absolute atomic E-state index is 14.3. The fourth-order valence-electron chi connectivity index (χ4n) is 15.6. The fraction of sp³-hybridized carbons (Fsp3) is 0.183. The van der Waals surface area contributed by atoms with Crippen molar-refractivity contribution in [3.05, 3.63) is 244 Å². The number of carbonyl (C=O) groups excluding carboxylic acids is 6. The van der Waals surface area contributed by atoms with Crippen LogP contribution in [0.25, 0.3) is 108 Å². The number of thiophene rings is 2. The molecule has 0 bridgehead atoms. The summed E-state index contributed by atoms with van der Waals surface area (Å²) in [5, 5.41) is 28.1. The lowest BCUT2D eigenvalue weighted by atomic mass is 10.0. The van der Waals surface area contributed by atoms with Crippen LogP contribution in [0.3, 0.4) is 0 Å². The van der Waals surface area contributed by atoms with Gasteiger partial charge in [0.2, 0.25) is 35.4 Å². The van der Waals surface area contributed by atoms with Crippen LogP contribution in [0.2, 0.25) is 5.02 Å². The molecule has 5 aromatic carbocycles. The molecule has 0 spiro atoms. The Bertz CT molecular complexity index is 6100. The van der Waals surface area contributed by atoms with Crippen LogP contribution in [0.4, 0.5) is 8.78 Å². The van der Waals surface area contributed by atoms with E-state index in [0.29, 0.717) is 71.3 Å². The van der Waals surface area contributed by atoms with Crippen molar-refractivity contribution in [1.29, 1.82) is 0 Å². The zero-order chi connectivity index (χ0) is 74.9. The summed E-state index contributed by atoms with van der Waals surface area (Å²) in [5.74, 6) is -1.27. The third-order valence-electron chi connectivity index (χ3n) is 20.4. The zero-order valence-electron chi connectivity index (χ0n) is 57.7. The maximum atomic E-state index is 14.3. The lowest BCUT2D eigenvalue weighted by Gasteiger charge is -2.25. The SMILES string of the molecule is C=C1CCC(n2c3cc(Br)ccc3c3cccnc32)C(=O)N1.C=C1CCC(n2c3cc(F)ccc3c3cccnc32)C(=O)N1.C=C1CCC(n2c3cccc(Br)c3c3ccsc32)C(=O)N1.C=C1CCC(n2c3cccc(F)c3c3cccnc32)C(=O)N1.O=C1CCC(n2c3ccccc3c3c(Cl)csc32)C(=O)N1. The van der Waals surface area contributed by atoms with Gasteiger partial charge in [0.05, 0.1) is 32.6 Å². The minimum Gasteiger partial charge on any atom is -0.329 e. The Kier molecular flexibility index (Phi) is 19.4. The van der Waals surface area contributed by atoms with Crippen molar-refractivity contribution in [2.45, 2.75) is 94.4 Å². The summed E-state index contributed by atoms with van der Waals surface area (Å²) in [5.41, 5.74) is 9.75. The molecule has 15 aromatic rings. The molecule has 6 amide bonds. The van der Waals surface area contributed by atoms with Crippen LogP contribution in [0, 0.1) is 11.6 Å². The number of piperidine rings is 5. The van der Waals surface area contributed by atoms with Crippen LogP contribution in [0.1, 0.15) is 94.4 Å². The van der Waals surface area contributed by atoms with Crippen LogP contribution in [-0.2, 0) is 28.8 Å². The Morgan fingerprint density at radius 1 is 0.407 bits per heavy atom. The summed E-state index contributed by atoms with van der Waals surface area (Å²) >= 11 is 16.7. The third-order valence-corrected chi connectivity index (χ3v) is 23.9. The highest BCUT2D eigenvalue weighted by molar-refractivity contribution is 9.11. The topological polar surface area (TPSA) is 226 Å². The van der Waals surface area contributed by atoms with E-state index in [0.717, 1.165) is 127 Å². The molecular weight excluding hydrogens is 1560 g/mol. The second-order valence-corrected chi connectivity index (χ2v) is 31.0. The van der Waals surface area contributed by atoms with Gasteiger partial charge in [0, 0.05) is 116 Å². The molecule has 20 rings (SSSR count). The van der Waals surface area contributed by atoms with Crippen molar-refractivity contribution in [3.8, 4) is 0 Å². The van der Waals surface area contributed by atoms with E-state index in [1.807, 2.05) is 97.9 Å². The highest BCUT2D eigenvalue weighted by Gasteiger charge is 2.35. The second kappa shape index (κ2) is 29.3. The van der Waals surface area contributed by atoms with Crippen LogP contribution in [0.5, 0.6) is 0 Å². The van der Waals surface area contributed by atoms with Gasteiger partial charge in [-0.15, -0.1) is 22.7 Å². The standard InChI is InChI=1S/C17H14BrN3O.2C17H14FN3O.C16H13BrN2OS.C15H11ClN2O2S/c1-10-4-7-14(17(22)20-10)21-15-9-11(18)5-6-12(15)13-3-2-8-19-16(13)21;1-10-7-8-14(17(22)20-10)21-13-6-2-5-12(18)15(13)11-4-3-9-19-16(11)21;1-10-4-7-14(17(22)20-10)21-15-9-11(18)5-6-12(15)13-3-2-8-19-16(13)21;1-9-5-6-13(15(20)18-9)19-12-4-2-3-11(17)14(12)10-7-8-21-16(10)19;16-9-7-21-15-13(9)8-3-1-2-4-10(8)18(15)11-5-6-12(19)17-14(11)20/h2-3,5-6,8-9,14H,1,4,7H2,(H,20,22);2-6,9,14H,1,7-8H2,(H,20,22);2-3,5-6,8-9,14H,1,4,7H2,(H,20,22);2-4,7-8,13H,1,5-6H2,(H,18,20);1-4,7,11H,5-6H2,(H,17,19,20). The Balaban J connectivity index is 0.000000103. The number of rotatable bonds is 5. The highest BCUT2D eigenvalue weighted by Crippen LogP contribution is 2.45. The van der Waals surface area contributed by atoms with Gasteiger partial charge in [0.1, 0.15) is 68.4 Å². The van der Waals surface area contributed by atoms with E-state index in [4.69, 9.17) is 11.6 Å². The molecule has 5 unspecified atom stereocenters. The molecule has 542 valence electrons. The Morgan fingerprint density at radius 3 is 1.43 bits per heavy atom. The molecule has 5 aliphatic heterocycles. The summed E-state index contributed by atoms with van der Waals surface area (Å²) in [6, 6.07) is 41.7. The Hall–Kier alpha value is -11.0. The third kappa shape index (κ3) is 12.9. The predicted molar refractivity (Wildman–Crippen MR) is 430 cm³/mol. The summed E-state index contributed by atoms with van der Waals surface area (Å²) < 4.78 is 40.0. The summed E-state index contributed by atoms with van der Waals surface area (Å²) in [4.78, 5) is 88.6. The van der Waals surface area contributed by atoms with Gasteiger partial charge < -0.3 is 44.1 Å². The van der Waals surface area contributed by atoms with Crippen LogP contribution < -0.4 is 26.6 Å². The number of para-hydroxylation sites is 1. The lowest BCUT2D eigenvalue weighted by Crippen LogP contribution is -2.41. The molecule has 108 heavy (non-hydrogen) atoms. The zero-order valence-corrected chi connectivity index (χ0v) is 63.2. The normalized spacial score (nSPS) is 19.1. The number of benzene rings is 5. The number of nitrogens with zero attached hydrogens (tertiary/aromatic N) is 8. The number of nitrogens with one attached hydrogen (secondary N) is 5. The van der Waals surface area contributed by atoms with Gasteiger partial charge in [-0.05, 0) is 166 Å². The summed E-state index contributed by atoms with van der Waals surface area (Å²) in [7, 11) is 0. The molecular formula is C82H66Br2ClF2N13O6S2. The van der Waals surface area contributed by atoms with Crippen LogP contribution in [0.15, 0.2) is 227 Å². The van der Waals surface area contributed by atoms with Crippen molar-refractivity contribution in [3.63, 3.8) is 0 Å². The van der Waals surface area contributed by atoms with Crippen LogP contribution >= 0.6 is 66.1 Å². The van der Waals surface area contributed by atoms with Crippen molar-refractivity contribution >= 4 is 210 Å². The van der Waals surface area contributed by atoms with E-state index in [1.165, 1.54) is 40.3 Å². The number of halogens is 5. The average Bonchev–Trinajstić information content (AvgIpc) is 1.74. The highest BCUT2D eigenvalue weighted by atomic mass is 79.9. The number of hydrogen-bond acceptors (Lipinski definition) is 11. The van der Waals surface area contributed by atoms with Crippen molar-refractivity contribution in [1.82, 2.24) is 64.4 Å². The largest absolute Gasteiger partial charge is 0.329 e. The number of carbonyl (C=O) groups is 6. The molecule has 5 N–H and O–H groups in total. The molecule has 26 heteroatoms. The molecule has 15 heterocycles. The minimum atomic E-state index is -0.401. The molecule has 0 aliphatic carbocycles. The number of amides is 6. The van der Waals surface area contributed by atoms with Gasteiger partial charge in [0.25, 0.3) is 0 Å². The van der Waals surface area contributed by atoms with E-state index in [-0.39, 0.29) is 65.2 Å². The van der Waals surface area contributed by atoms with Gasteiger partial charge >= 0.3 is 0 Å². The second-order valence-electron chi connectivity index (χ2n) is 27.0. The number of imide groups is 1. The van der Waals surface area contributed by atoms with Gasteiger partial charge in [-0.3, -0.25) is 34.1 Å². The Morgan fingerprint density at radius 2 is 0.861 bits per heavy atom. The first-order valence-electron chi connectivity index (χ1n) is 35.0. The minimum absolute atomic E-state index is 0.0133. The molecule has 5 aliphatic rings. The average molecular weight is 1630 g/mol. The number of allylic oxidation sites excluding steroid dienone is 4. The molecule has 0 radical (unpaired) electrons. The van der Waals surface area contributed by atoms with E-state index in [2.05, 4.69) is 138 Å². The fourth-order valence-corrected chi connectivity index (χ4v) is 18.9. The van der Waals surface area contributed by atoms with Crippen molar-refractivity contribution in [2.24, 2.45) is 0 Å². The maximum Gasteiger partial charge on any atom is 0.249 e. The summed E-state index contributed by atoms with van der Waals surface area (Å²) in [6.45, 7) is 15.3. The molecule has 5 fully saturated rings. The van der Waals surface area contributed by atoms with Gasteiger partial charge in [-0.1, -0.05) is 106 Å². The molecule has 0 saturated carbocycles. The van der Waals surface area contributed by atoms with E-state index in [9.17, 15) is 37.5 Å². The molecule has 19 nitrogen and oxygen atoms in total. The lowest BCUT2D eigenvalue weighted by molar-refractivity contribution is -0.135. The first-order valence-corrected chi connectivity index (χ1v) is 38.7. The molecule has 5 saturated heterocycles.